The van der Waals surface area contributed by atoms with Crippen molar-refractivity contribution in [1.29, 1.82) is 0 Å². The highest BCUT2D eigenvalue weighted by molar-refractivity contribution is 7.98. The summed E-state index contributed by atoms with van der Waals surface area (Å²) in [7, 11) is 0. The van der Waals surface area contributed by atoms with E-state index in [4.69, 9.17) is 4.74 Å². The van der Waals surface area contributed by atoms with Crippen molar-refractivity contribution < 1.29 is 9.53 Å². The summed E-state index contributed by atoms with van der Waals surface area (Å²) in [6.45, 7) is 7.27. The number of anilines is 1. The summed E-state index contributed by atoms with van der Waals surface area (Å²) >= 11 is 1.70. The standard InChI is InChI=1S/C16H24N2O2S/c1-11-9-18(10-12(2)20-11)16(19)13(3)17-14-6-5-7-15(8-14)21-4/h5-8,11-13,17H,9-10H2,1-4H3/t11-,12-,13+/m0/s1. The van der Waals surface area contributed by atoms with E-state index in [1.54, 1.807) is 11.8 Å². The Bertz CT molecular complexity index is 485. The SMILES string of the molecule is CSc1cccc(N[C@H](C)C(=O)N2C[C@H](C)O[C@@H](C)C2)c1. The number of rotatable bonds is 4. The normalized spacial score (nSPS) is 23.7. The topological polar surface area (TPSA) is 41.6 Å². The average Bonchev–Trinajstić information content (AvgIpc) is 2.45. The lowest BCUT2D eigenvalue weighted by molar-refractivity contribution is -0.143. The summed E-state index contributed by atoms with van der Waals surface area (Å²) in [5, 5.41) is 3.30. The molecule has 1 aromatic carbocycles. The highest BCUT2D eigenvalue weighted by atomic mass is 32.2. The number of benzene rings is 1. The Morgan fingerprint density at radius 3 is 2.67 bits per heavy atom. The van der Waals surface area contributed by atoms with Gasteiger partial charge in [0.1, 0.15) is 6.04 Å². The summed E-state index contributed by atoms with van der Waals surface area (Å²) in [6.07, 6.45) is 2.25. The van der Waals surface area contributed by atoms with Crippen molar-refractivity contribution in [2.75, 3.05) is 24.7 Å². The monoisotopic (exact) mass is 308 g/mol. The molecule has 4 nitrogen and oxygen atoms in total. The highest BCUT2D eigenvalue weighted by Crippen LogP contribution is 2.20. The molecule has 1 aliphatic rings. The van der Waals surface area contributed by atoms with E-state index < -0.39 is 0 Å². The van der Waals surface area contributed by atoms with Crippen molar-refractivity contribution in [3.8, 4) is 0 Å². The molecule has 1 N–H and O–H groups in total. The first-order chi connectivity index (χ1) is 9.99. The predicted molar refractivity (Wildman–Crippen MR) is 87.9 cm³/mol. The molecule has 3 atom stereocenters. The summed E-state index contributed by atoms with van der Waals surface area (Å²) in [6, 6.07) is 7.89. The second-order valence-electron chi connectivity index (χ2n) is 5.60. The third kappa shape index (κ3) is 4.38. The van der Waals surface area contributed by atoms with Gasteiger partial charge in [0, 0.05) is 23.7 Å². The zero-order valence-electron chi connectivity index (χ0n) is 13.1. The maximum atomic E-state index is 12.6. The Hall–Kier alpha value is -1.20. The molecular formula is C16H24N2O2S. The molecule has 1 amide bonds. The first kappa shape index (κ1) is 16.2. The number of ether oxygens (including phenoxy) is 1. The van der Waals surface area contributed by atoms with Gasteiger partial charge in [0.25, 0.3) is 0 Å². The fourth-order valence-electron chi connectivity index (χ4n) is 2.66. The van der Waals surface area contributed by atoms with Gasteiger partial charge >= 0.3 is 0 Å². The molecule has 116 valence electrons. The van der Waals surface area contributed by atoms with Gasteiger partial charge in [0.05, 0.1) is 12.2 Å². The van der Waals surface area contributed by atoms with Gasteiger partial charge in [-0.25, -0.2) is 0 Å². The van der Waals surface area contributed by atoms with Crippen molar-refractivity contribution in [3.05, 3.63) is 24.3 Å². The number of nitrogens with one attached hydrogen (secondary N) is 1. The van der Waals surface area contributed by atoms with E-state index in [1.807, 2.05) is 44.1 Å². The minimum Gasteiger partial charge on any atom is -0.374 e. The highest BCUT2D eigenvalue weighted by Gasteiger charge is 2.28. The van der Waals surface area contributed by atoms with Gasteiger partial charge in [-0.15, -0.1) is 11.8 Å². The Kier molecular flexibility index (Phi) is 5.53. The van der Waals surface area contributed by atoms with Gasteiger partial charge in [-0.2, -0.15) is 0 Å². The first-order valence-electron chi connectivity index (χ1n) is 7.34. The lowest BCUT2D eigenvalue weighted by Gasteiger charge is -2.36. The van der Waals surface area contributed by atoms with E-state index in [0.29, 0.717) is 13.1 Å². The van der Waals surface area contributed by atoms with Crippen LogP contribution < -0.4 is 5.32 Å². The minimum atomic E-state index is -0.236. The fourth-order valence-corrected chi connectivity index (χ4v) is 3.12. The molecule has 0 bridgehead atoms. The second kappa shape index (κ2) is 7.18. The van der Waals surface area contributed by atoms with Gasteiger partial charge in [-0.05, 0) is 45.2 Å². The van der Waals surface area contributed by atoms with Gasteiger partial charge in [0.2, 0.25) is 5.91 Å². The Morgan fingerprint density at radius 2 is 2.05 bits per heavy atom. The zero-order valence-corrected chi connectivity index (χ0v) is 13.9. The molecule has 2 rings (SSSR count). The molecule has 1 heterocycles. The van der Waals surface area contributed by atoms with Crippen LogP contribution in [0.2, 0.25) is 0 Å². The van der Waals surface area contributed by atoms with Gasteiger partial charge < -0.3 is 15.0 Å². The number of hydrogen-bond acceptors (Lipinski definition) is 4. The maximum Gasteiger partial charge on any atom is 0.244 e. The molecule has 0 radical (unpaired) electrons. The molecule has 1 aliphatic heterocycles. The average molecular weight is 308 g/mol. The number of nitrogens with zero attached hydrogens (tertiary/aromatic N) is 1. The lowest BCUT2D eigenvalue weighted by Crippen LogP contribution is -2.52. The number of carbonyl (C=O) groups is 1. The van der Waals surface area contributed by atoms with Crippen molar-refractivity contribution in [2.45, 2.75) is 43.9 Å². The molecule has 5 heteroatoms. The second-order valence-corrected chi connectivity index (χ2v) is 6.48. The quantitative estimate of drug-likeness (QED) is 0.869. The first-order valence-corrected chi connectivity index (χ1v) is 8.57. The largest absolute Gasteiger partial charge is 0.374 e. The summed E-state index contributed by atoms with van der Waals surface area (Å²) in [5.41, 5.74) is 0.983. The maximum absolute atomic E-state index is 12.6. The van der Waals surface area contributed by atoms with Crippen LogP contribution in [0.25, 0.3) is 0 Å². The van der Waals surface area contributed by atoms with E-state index in [1.165, 1.54) is 4.90 Å². The van der Waals surface area contributed by atoms with E-state index in [9.17, 15) is 4.79 Å². The van der Waals surface area contributed by atoms with Gasteiger partial charge in [0.15, 0.2) is 0 Å². The number of hydrogen-bond donors (Lipinski definition) is 1. The van der Waals surface area contributed by atoms with Crippen LogP contribution in [0, 0.1) is 0 Å². The van der Waals surface area contributed by atoms with E-state index >= 15 is 0 Å². The molecule has 1 fully saturated rings. The van der Waals surface area contributed by atoms with Gasteiger partial charge in [-0.1, -0.05) is 6.07 Å². The third-order valence-corrected chi connectivity index (χ3v) is 4.28. The van der Waals surface area contributed by atoms with Crippen molar-refractivity contribution in [3.63, 3.8) is 0 Å². The van der Waals surface area contributed by atoms with Crippen LogP contribution >= 0.6 is 11.8 Å². The molecule has 21 heavy (non-hydrogen) atoms. The number of amides is 1. The third-order valence-electron chi connectivity index (χ3n) is 3.55. The van der Waals surface area contributed by atoms with Crippen LogP contribution in [0.15, 0.2) is 29.2 Å². The van der Waals surface area contributed by atoms with Crippen LogP contribution in [0.1, 0.15) is 20.8 Å². The molecule has 0 spiro atoms. The predicted octanol–water partition coefficient (Wildman–Crippen LogP) is 2.84. The Morgan fingerprint density at radius 1 is 1.38 bits per heavy atom. The van der Waals surface area contributed by atoms with Crippen LogP contribution in [0.4, 0.5) is 5.69 Å². The van der Waals surface area contributed by atoms with E-state index in [2.05, 4.69) is 17.4 Å². The van der Waals surface area contributed by atoms with Crippen molar-refractivity contribution >= 4 is 23.4 Å². The summed E-state index contributed by atoms with van der Waals surface area (Å²) < 4.78 is 5.68. The van der Waals surface area contributed by atoms with Crippen LogP contribution in [-0.2, 0) is 9.53 Å². The molecule has 0 saturated carbocycles. The lowest BCUT2D eigenvalue weighted by atomic mass is 10.2. The number of carbonyl (C=O) groups excluding carboxylic acids is 1. The van der Waals surface area contributed by atoms with Crippen LogP contribution in [0.3, 0.4) is 0 Å². The van der Waals surface area contributed by atoms with Crippen molar-refractivity contribution in [1.82, 2.24) is 4.90 Å². The number of morpholine rings is 1. The Balaban J connectivity index is 1.98. The number of thioether (sulfide) groups is 1. The molecule has 1 aromatic rings. The summed E-state index contributed by atoms with van der Waals surface area (Å²) in [4.78, 5) is 15.6. The van der Waals surface area contributed by atoms with Gasteiger partial charge in [-0.3, -0.25) is 4.79 Å². The van der Waals surface area contributed by atoms with Crippen LogP contribution in [0.5, 0.6) is 0 Å². The van der Waals surface area contributed by atoms with E-state index in [0.717, 1.165) is 5.69 Å². The minimum absolute atomic E-state index is 0.102. The zero-order chi connectivity index (χ0) is 15.4. The molecule has 0 aromatic heterocycles. The van der Waals surface area contributed by atoms with Crippen LogP contribution in [-0.4, -0.2) is 48.4 Å². The molecule has 0 unspecified atom stereocenters. The molecule has 0 aliphatic carbocycles. The fraction of sp³-hybridized carbons (Fsp3) is 0.562. The Labute approximate surface area is 131 Å². The molecular weight excluding hydrogens is 284 g/mol. The van der Waals surface area contributed by atoms with Crippen molar-refractivity contribution in [2.24, 2.45) is 0 Å². The summed E-state index contributed by atoms with van der Waals surface area (Å²) in [5.74, 6) is 0.131. The van der Waals surface area contributed by atoms with E-state index in [-0.39, 0.29) is 24.2 Å². The smallest absolute Gasteiger partial charge is 0.244 e. The molecule has 1 saturated heterocycles.